The molecule has 6 nitrogen and oxygen atoms in total. The number of aliphatic imine (C=N–C) groups is 1. The molecule has 1 aliphatic rings. The number of ether oxygens (including phenoxy) is 1. The van der Waals surface area contributed by atoms with Crippen molar-refractivity contribution in [3.63, 3.8) is 0 Å². The van der Waals surface area contributed by atoms with Crippen LogP contribution in [0.5, 0.6) is 0 Å². The van der Waals surface area contributed by atoms with Crippen molar-refractivity contribution in [1.82, 2.24) is 16.0 Å². The molecule has 3 N–H and O–H groups in total. The molecule has 1 amide bonds. The fourth-order valence-corrected chi connectivity index (χ4v) is 2.61. The third-order valence-corrected chi connectivity index (χ3v) is 3.81. The molecule has 1 aromatic carbocycles. The van der Waals surface area contributed by atoms with Crippen molar-refractivity contribution in [3.8, 4) is 0 Å². The van der Waals surface area contributed by atoms with Crippen molar-refractivity contribution in [3.05, 3.63) is 35.6 Å². The molecule has 144 valence electrons. The van der Waals surface area contributed by atoms with Gasteiger partial charge in [0.25, 0.3) is 0 Å². The van der Waals surface area contributed by atoms with Crippen LogP contribution in [0, 0.1) is 5.82 Å². The first-order valence-electron chi connectivity index (χ1n) is 9.06. The molecule has 0 heterocycles. The first kappa shape index (κ1) is 20.0. The molecule has 1 fully saturated rings. The van der Waals surface area contributed by atoms with Crippen LogP contribution < -0.4 is 16.0 Å². The van der Waals surface area contributed by atoms with Crippen LogP contribution >= 0.6 is 0 Å². The molecule has 2 atom stereocenters. The molecule has 0 spiro atoms. The number of halogens is 1. The number of alkyl carbamates (subject to hydrolysis) is 1. The average Bonchev–Trinajstić information content (AvgIpc) is 3.29. The van der Waals surface area contributed by atoms with Crippen molar-refractivity contribution >= 4 is 12.1 Å². The Morgan fingerprint density at radius 2 is 2.04 bits per heavy atom. The Morgan fingerprint density at radius 1 is 1.31 bits per heavy atom. The van der Waals surface area contributed by atoms with Gasteiger partial charge in [0, 0.05) is 25.0 Å². The van der Waals surface area contributed by atoms with E-state index in [2.05, 4.69) is 20.9 Å². The van der Waals surface area contributed by atoms with E-state index >= 15 is 0 Å². The molecule has 1 saturated carbocycles. The minimum absolute atomic E-state index is 0.162. The highest BCUT2D eigenvalue weighted by Gasteiger charge is 2.40. The number of hydrogen-bond acceptors (Lipinski definition) is 3. The molecular formula is C19H29FN4O2. The van der Waals surface area contributed by atoms with Gasteiger partial charge in [-0.2, -0.15) is 0 Å². The minimum Gasteiger partial charge on any atom is -0.444 e. The zero-order valence-electron chi connectivity index (χ0n) is 15.9. The van der Waals surface area contributed by atoms with Gasteiger partial charge in [-0.15, -0.1) is 0 Å². The number of carbonyl (C=O) groups excluding carboxylic acids is 1. The van der Waals surface area contributed by atoms with Crippen LogP contribution in [0.4, 0.5) is 9.18 Å². The molecule has 1 aliphatic carbocycles. The number of guanidine groups is 1. The van der Waals surface area contributed by atoms with Gasteiger partial charge in [0.15, 0.2) is 5.96 Å². The molecule has 0 aromatic heterocycles. The van der Waals surface area contributed by atoms with E-state index < -0.39 is 11.7 Å². The van der Waals surface area contributed by atoms with Crippen LogP contribution in [-0.2, 0) is 4.74 Å². The van der Waals surface area contributed by atoms with Crippen LogP contribution in [0.25, 0.3) is 0 Å². The SMILES string of the molecule is CCNC(=NCCNC(=O)OC(C)(C)C)NC1CC1c1ccccc1F. The van der Waals surface area contributed by atoms with E-state index in [1.165, 1.54) is 6.07 Å². The second kappa shape index (κ2) is 8.87. The maximum atomic E-state index is 13.9. The Bertz CT molecular complexity index is 643. The van der Waals surface area contributed by atoms with Gasteiger partial charge in [0.1, 0.15) is 11.4 Å². The monoisotopic (exact) mass is 364 g/mol. The Balaban J connectivity index is 1.79. The quantitative estimate of drug-likeness (QED) is 0.412. The fraction of sp³-hybridized carbons (Fsp3) is 0.579. The van der Waals surface area contributed by atoms with E-state index in [0.717, 1.165) is 18.5 Å². The fourth-order valence-electron chi connectivity index (χ4n) is 2.61. The van der Waals surface area contributed by atoms with E-state index in [4.69, 9.17) is 4.74 Å². The summed E-state index contributed by atoms with van der Waals surface area (Å²) < 4.78 is 19.0. The van der Waals surface area contributed by atoms with Crippen molar-refractivity contribution in [1.29, 1.82) is 0 Å². The molecule has 0 bridgehead atoms. The standard InChI is InChI=1S/C19H29FN4O2/c1-5-21-17(22-10-11-23-18(25)26-19(2,3)4)24-16-12-14(16)13-8-6-7-9-15(13)20/h6-9,14,16H,5,10-12H2,1-4H3,(H,23,25)(H2,21,22,24). The van der Waals surface area contributed by atoms with E-state index in [1.807, 2.05) is 39.8 Å². The van der Waals surface area contributed by atoms with Crippen LogP contribution in [-0.4, -0.2) is 43.3 Å². The summed E-state index contributed by atoms with van der Waals surface area (Å²) in [6.07, 6.45) is 0.425. The Hall–Kier alpha value is -2.31. The van der Waals surface area contributed by atoms with Gasteiger partial charge in [-0.1, -0.05) is 18.2 Å². The van der Waals surface area contributed by atoms with Gasteiger partial charge in [0.2, 0.25) is 0 Å². The molecule has 0 aliphatic heterocycles. The molecule has 26 heavy (non-hydrogen) atoms. The number of benzene rings is 1. The lowest BCUT2D eigenvalue weighted by molar-refractivity contribution is 0.0529. The van der Waals surface area contributed by atoms with Crippen LogP contribution in [0.15, 0.2) is 29.3 Å². The van der Waals surface area contributed by atoms with Gasteiger partial charge in [0.05, 0.1) is 6.54 Å². The van der Waals surface area contributed by atoms with E-state index in [9.17, 15) is 9.18 Å². The maximum Gasteiger partial charge on any atom is 0.407 e. The molecule has 1 aromatic rings. The summed E-state index contributed by atoms with van der Waals surface area (Å²) in [6, 6.07) is 7.05. The van der Waals surface area contributed by atoms with Gasteiger partial charge in [-0.3, -0.25) is 4.99 Å². The number of nitrogens with zero attached hydrogens (tertiary/aromatic N) is 1. The molecule has 2 unspecified atom stereocenters. The highest BCUT2D eigenvalue weighted by molar-refractivity contribution is 5.80. The molecule has 0 radical (unpaired) electrons. The lowest BCUT2D eigenvalue weighted by atomic mass is 10.1. The first-order chi connectivity index (χ1) is 12.3. The van der Waals surface area contributed by atoms with E-state index in [1.54, 1.807) is 6.07 Å². The smallest absolute Gasteiger partial charge is 0.407 e. The summed E-state index contributed by atoms with van der Waals surface area (Å²) in [4.78, 5) is 16.0. The predicted octanol–water partition coefficient (Wildman–Crippen LogP) is 2.76. The molecule has 0 saturated heterocycles. The largest absolute Gasteiger partial charge is 0.444 e. The summed E-state index contributed by atoms with van der Waals surface area (Å²) in [5.74, 6) is 0.674. The van der Waals surface area contributed by atoms with Crippen molar-refractivity contribution in [2.75, 3.05) is 19.6 Å². The third kappa shape index (κ3) is 6.54. The zero-order valence-corrected chi connectivity index (χ0v) is 15.9. The number of nitrogens with one attached hydrogen (secondary N) is 3. The lowest BCUT2D eigenvalue weighted by Gasteiger charge is -2.19. The summed E-state index contributed by atoms with van der Waals surface area (Å²) in [5.41, 5.74) is 0.227. The van der Waals surface area contributed by atoms with Gasteiger partial charge < -0.3 is 20.7 Å². The second-order valence-corrected chi connectivity index (χ2v) is 7.30. The lowest BCUT2D eigenvalue weighted by Crippen LogP contribution is -2.40. The third-order valence-electron chi connectivity index (χ3n) is 3.81. The van der Waals surface area contributed by atoms with Crippen molar-refractivity contribution in [2.24, 2.45) is 4.99 Å². The maximum absolute atomic E-state index is 13.9. The highest BCUT2D eigenvalue weighted by atomic mass is 19.1. The van der Waals surface area contributed by atoms with Gasteiger partial charge in [-0.25, -0.2) is 9.18 Å². The summed E-state index contributed by atoms with van der Waals surface area (Å²) in [7, 11) is 0. The summed E-state index contributed by atoms with van der Waals surface area (Å²) >= 11 is 0. The average molecular weight is 364 g/mol. The number of rotatable bonds is 6. The topological polar surface area (TPSA) is 74.8 Å². The Labute approximate surface area is 154 Å². The first-order valence-corrected chi connectivity index (χ1v) is 9.06. The van der Waals surface area contributed by atoms with Crippen molar-refractivity contribution in [2.45, 2.75) is 51.7 Å². The van der Waals surface area contributed by atoms with Crippen molar-refractivity contribution < 1.29 is 13.9 Å². The number of carbonyl (C=O) groups is 1. The van der Waals surface area contributed by atoms with E-state index in [-0.39, 0.29) is 17.8 Å². The van der Waals surface area contributed by atoms with E-state index in [0.29, 0.717) is 19.0 Å². The second-order valence-electron chi connectivity index (χ2n) is 7.30. The molecule has 2 rings (SSSR count). The van der Waals surface area contributed by atoms with Crippen LogP contribution in [0.2, 0.25) is 0 Å². The molecule has 7 heteroatoms. The Morgan fingerprint density at radius 3 is 2.69 bits per heavy atom. The summed E-state index contributed by atoms with van der Waals surface area (Å²) in [5, 5.41) is 9.16. The van der Waals surface area contributed by atoms with Crippen LogP contribution in [0.3, 0.4) is 0 Å². The number of hydrogen-bond donors (Lipinski definition) is 3. The van der Waals surface area contributed by atoms with Crippen LogP contribution in [0.1, 0.15) is 45.6 Å². The predicted molar refractivity (Wildman–Crippen MR) is 101 cm³/mol. The van der Waals surface area contributed by atoms with Gasteiger partial charge >= 0.3 is 6.09 Å². The number of amides is 1. The zero-order chi connectivity index (χ0) is 19.2. The summed E-state index contributed by atoms with van der Waals surface area (Å²) in [6.45, 7) is 8.97. The van der Waals surface area contributed by atoms with Gasteiger partial charge in [-0.05, 0) is 45.7 Å². The Kier molecular flexibility index (Phi) is 6.83. The highest BCUT2D eigenvalue weighted by Crippen LogP contribution is 2.41. The normalized spacial score (nSPS) is 19.7. The minimum atomic E-state index is -0.516. The molecular weight excluding hydrogens is 335 g/mol.